The SMILES string of the molecule is CCOC1CC(Nc2ccc3oc(=O)[nH]c3c2)C1(C)CC. The van der Waals surface area contributed by atoms with Gasteiger partial charge in [-0.05, 0) is 38.0 Å². The van der Waals surface area contributed by atoms with E-state index < -0.39 is 5.76 Å². The van der Waals surface area contributed by atoms with Crippen molar-refractivity contribution in [1.82, 2.24) is 4.98 Å². The predicted octanol–water partition coefficient (Wildman–Crippen LogP) is 3.13. The Bertz CT molecular complexity index is 690. The van der Waals surface area contributed by atoms with Crippen LogP contribution < -0.4 is 11.1 Å². The second-order valence-electron chi connectivity index (χ2n) is 5.96. The number of anilines is 1. The Hall–Kier alpha value is -1.75. The molecule has 0 spiro atoms. The minimum atomic E-state index is -0.416. The van der Waals surface area contributed by atoms with Gasteiger partial charge in [-0.25, -0.2) is 4.79 Å². The van der Waals surface area contributed by atoms with Gasteiger partial charge in [0, 0.05) is 23.8 Å². The number of benzene rings is 1. The van der Waals surface area contributed by atoms with Crippen molar-refractivity contribution in [3.63, 3.8) is 0 Å². The molecule has 2 N–H and O–H groups in total. The van der Waals surface area contributed by atoms with Crippen molar-refractivity contribution in [2.24, 2.45) is 5.41 Å². The van der Waals surface area contributed by atoms with E-state index in [4.69, 9.17) is 9.15 Å². The van der Waals surface area contributed by atoms with Crippen molar-refractivity contribution in [1.29, 1.82) is 0 Å². The van der Waals surface area contributed by atoms with Crippen LogP contribution in [0.1, 0.15) is 33.6 Å². The summed E-state index contributed by atoms with van der Waals surface area (Å²) in [6.45, 7) is 7.28. The summed E-state index contributed by atoms with van der Waals surface area (Å²) in [7, 11) is 0. The van der Waals surface area contributed by atoms with E-state index in [1.807, 2.05) is 25.1 Å². The highest BCUT2D eigenvalue weighted by Gasteiger charge is 2.51. The number of aromatic amines is 1. The Morgan fingerprint density at radius 1 is 1.48 bits per heavy atom. The molecule has 3 unspecified atom stereocenters. The van der Waals surface area contributed by atoms with E-state index in [9.17, 15) is 4.79 Å². The first-order valence-electron chi connectivity index (χ1n) is 7.58. The van der Waals surface area contributed by atoms with Crippen LogP contribution >= 0.6 is 0 Å². The summed E-state index contributed by atoms with van der Waals surface area (Å²) < 4.78 is 10.8. The van der Waals surface area contributed by atoms with E-state index in [1.54, 1.807) is 0 Å². The maximum Gasteiger partial charge on any atom is 0.417 e. The normalized spacial score (nSPS) is 28.5. The van der Waals surface area contributed by atoms with Gasteiger partial charge in [0.15, 0.2) is 5.58 Å². The summed E-state index contributed by atoms with van der Waals surface area (Å²) in [5.74, 6) is -0.416. The number of oxazole rings is 1. The van der Waals surface area contributed by atoms with E-state index in [2.05, 4.69) is 24.1 Å². The quantitative estimate of drug-likeness (QED) is 0.887. The van der Waals surface area contributed by atoms with E-state index in [-0.39, 0.29) is 5.41 Å². The number of H-pyrrole nitrogens is 1. The summed E-state index contributed by atoms with van der Waals surface area (Å²) in [6.07, 6.45) is 2.40. The molecule has 1 fully saturated rings. The first kappa shape index (κ1) is 14.2. The predicted molar refractivity (Wildman–Crippen MR) is 82.7 cm³/mol. The molecule has 5 heteroatoms. The van der Waals surface area contributed by atoms with Gasteiger partial charge in [0.25, 0.3) is 0 Å². The van der Waals surface area contributed by atoms with Gasteiger partial charge >= 0.3 is 5.76 Å². The molecule has 3 atom stereocenters. The second kappa shape index (κ2) is 5.22. The van der Waals surface area contributed by atoms with Crippen molar-refractivity contribution < 1.29 is 9.15 Å². The molecule has 0 aliphatic heterocycles. The molecule has 114 valence electrons. The van der Waals surface area contributed by atoms with E-state index in [1.165, 1.54) is 0 Å². The van der Waals surface area contributed by atoms with Crippen LogP contribution in [0.25, 0.3) is 11.1 Å². The highest BCUT2D eigenvalue weighted by atomic mass is 16.5. The summed E-state index contributed by atoms with van der Waals surface area (Å²) in [4.78, 5) is 13.9. The third-order valence-electron chi connectivity index (χ3n) is 4.87. The monoisotopic (exact) mass is 290 g/mol. The summed E-state index contributed by atoms with van der Waals surface area (Å²) in [5.41, 5.74) is 2.46. The molecule has 0 bridgehead atoms. The zero-order valence-electron chi connectivity index (χ0n) is 12.7. The second-order valence-corrected chi connectivity index (χ2v) is 5.96. The highest BCUT2D eigenvalue weighted by molar-refractivity contribution is 5.76. The Labute approximate surface area is 123 Å². The first-order valence-corrected chi connectivity index (χ1v) is 7.58. The molecule has 0 amide bonds. The number of ether oxygens (including phenoxy) is 1. The highest BCUT2D eigenvalue weighted by Crippen LogP contribution is 2.47. The zero-order chi connectivity index (χ0) is 15.0. The molecule has 1 aliphatic rings. The van der Waals surface area contributed by atoms with Crippen LogP contribution in [0.15, 0.2) is 27.4 Å². The van der Waals surface area contributed by atoms with Crippen LogP contribution in [0.2, 0.25) is 0 Å². The molecule has 3 rings (SSSR count). The Morgan fingerprint density at radius 2 is 2.29 bits per heavy atom. The molecular formula is C16H22N2O3. The Kier molecular flexibility index (Phi) is 3.53. The molecule has 1 aromatic heterocycles. The van der Waals surface area contributed by atoms with Crippen LogP contribution in [0.5, 0.6) is 0 Å². The smallest absolute Gasteiger partial charge is 0.408 e. The number of hydrogen-bond donors (Lipinski definition) is 2. The van der Waals surface area contributed by atoms with E-state index in [0.29, 0.717) is 17.7 Å². The number of hydrogen-bond acceptors (Lipinski definition) is 4. The van der Waals surface area contributed by atoms with E-state index in [0.717, 1.165) is 30.7 Å². The molecule has 2 aromatic rings. The van der Waals surface area contributed by atoms with Gasteiger partial charge in [-0.1, -0.05) is 13.8 Å². The number of aromatic nitrogens is 1. The lowest BCUT2D eigenvalue weighted by Crippen LogP contribution is -2.59. The van der Waals surface area contributed by atoms with Crippen LogP contribution in [0.4, 0.5) is 5.69 Å². The van der Waals surface area contributed by atoms with Crippen LogP contribution in [0, 0.1) is 5.41 Å². The van der Waals surface area contributed by atoms with Gasteiger partial charge in [0.2, 0.25) is 0 Å². The average molecular weight is 290 g/mol. The minimum Gasteiger partial charge on any atom is -0.408 e. The number of rotatable bonds is 5. The van der Waals surface area contributed by atoms with Gasteiger partial charge in [0.1, 0.15) is 0 Å². The van der Waals surface area contributed by atoms with Crippen LogP contribution in [-0.4, -0.2) is 23.7 Å². The fourth-order valence-electron chi connectivity index (χ4n) is 3.22. The van der Waals surface area contributed by atoms with Crippen molar-refractivity contribution in [2.75, 3.05) is 11.9 Å². The largest absolute Gasteiger partial charge is 0.417 e. The van der Waals surface area contributed by atoms with Gasteiger partial charge in [-0.3, -0.25) is 4.98 Å². The lowest BCUT2D eigenvalue weighted by Gasteiger charge is -2.53. The van der Waals surface area contributed by atoms with Crippen molar-refractivity contribution in [2.45, 2.75) is 45.8 Å². The zero-order valence-corrected chi connectivity index (χ0v) is 12.7. The first-order chi connectivity index (χ1) is 10.1. The fourth-order valence-corrected chi connectivity index (χ4v) is 3.22. The molecule has 1 heterocycles. The van der Waals surface area contributed by atoms with Gasteiger partial charge in [-0.2, -0.15) is 0 Å². The topological polar surface area (TPSA) is 67.3 Å². The molecule has 0 saturated heterocycles. The average Bonchev–Trinajstić information content (AvgIpc) is 2.84. The Balaban J connectivity index is 1.77. The fraction of sp³-hybridized carbons (Fsp3) is 0.562. The van der Waals surface area contributed by atoms with E-state index >= 15 is 0 Å². The molecule has 0 radical (unpaired) electrons. The van der Waals surface area contributed by atoms with Crippen LogP contribution in [-0.2, 0) is 4.74 Å². The molecule has 1 saturated carbocycles. The summed E-state index contributed by atoms with van der Waals surface area (Å²) >= 11 is 0. The van der Waals surface area contributed by atoms with Gasteiger partial charge in [-0.15, -0.1) is 0 Å². The number of fused-ring (bicyclic) bond motifs is 1. The third-order valence-corrected chi connectivity index (χ3v) is 4.87. The third kappa shape index (κ3) is 2.35. The van der Waals surface area contributed by atoms with Crippen molar-refractivity contribution in [3.05, 3.63) is 28.7 Å². The van der Waals surface area contributed by atoms with Crippen molar-refractivity contribution >= 4 is 16.8 Å². The summed E-state index contributed by atoms with van der Waals surface area (Å²) in [5, 5.41) is 3.57. The maximum absolute atomic E-state index is 11.2. The van der Waals surface area contributed by atoms with Crippen LogP contribution in [0.3, 0.4) is 0 Å². The molecule has 1 aromatic carbocycles. The lowest BCUT2D eigenvalue weighted by molar-refractivity contribution is -0.109. The molecule has 21 heavy (non-hydrogen) atoms. The molecule has 5 nitrogen and oxygen atoms in total. The lowest BCUT2D eigenvalue weighted by atomic mass is 9.61. The standard InChI is InChI=1S/C16H22N2O3/c1-4-16(3)13(9-14(16)20-5-2)17-10-6-7-12-11(8-10)18-15(19)21-12/h6-8,13-14,17H,4-5,9H2,1-3H3,(H,18,19). The van der Waals surface area contributed by atoms with Gasteiger partial charge in [0.05, 0.1) is 11.6 Å². The van der Waals surface area contributed by atoms with Gasteiger partial charge < -0.3 is 14.5 Å². The molecular weight excluding hydrogens is 268 g/mol. The molecule has 1 aliphatic carbocycles. The minimum absolute atomic E-state index is 0.148. The summed E-state index contributed by atoms with van der Waals surface area (Å²) in [6, 6.07) is 6.07. The Morgan fingerprint density at radius 3 is 3.00 bits per heavy atom. The maximum atomic E-state index is 11.2. The van der Waals surface area contributed by atoms with Crippen molar-refractivity contribution in [3.8, 4) is 0 Å². The number of nitrogens with one attached hydrogen (secondary N) is 2.